The quantitative estimate of drug-likeness (QED) is 0.666. The van der Waals surface area contributed by atoms with Crippen molar-refractivity contribution in [1.82, 2.24) is 4.98 Å². The van der Waals surface area contributed by atoms with Gasteiger partial charge < -0.3 is 4.98 Å². The normalized spacial score (nSPS) is 11.2. The Morgan fingerprint density at radius 3 is 2.41 bits per heavy atom. The molecule has 0 fully saturated rings. The molecule has 1 aromatic heterocycles. The molecule has 0 spiro atoms. The third-order valence-electron chi connectivity index (χ3n) is 2.97. The van der Waals surface area contributed by atoms with Crippen LogP contribution in [-0.4, -0.2) is 10.8 Å². The van der Waals surface area contributed by atoms with Crippen molar-refractivity contribution in [1.29, 1.82) is 0 Å². The number of Topliss-reactive ketones (excluding diaryl/α,β-unsaturated/α-hetero) is 1. The van der Waals surface area contributed by atoms with Crippen molar-refractivity contribution < 1.29 is 4.79 Å². The summed E-state index contributed by atoms with van der Waals surface area (Å²) in [5.74, 6) is 0.0937. The summed E-state index contributed by atoms with van der Waals surface area (Å²) in [5, 5.41) is 2.23. The summed E-state index contributed by atoms with van der Waals surface area (Å²) < 4.78 is 1.04. The van der Waals surface area contributed by atoms with E-state index in [9.17, 15) is 4.79 Å². The molecule has 0 bridgehead atoms. The number of halogens is 1. The van der Waals surface area contributed by atoms with Gasteiger partial charge in [-0.15, -0.1) is 0 Å². The summed E-state index contributed by atoms with van der Waals surface area (Å²) in [4.78, 5) is 14.7. The van der Waals surface area contributed by atoms with Gasteiger partial charge in [-0.3, -0.25) is 4.79 Å². The molecule has 0 aliphatic rings. The number of ketones is 1. The predicted octanol–water partition coefficient (Wildman–Crippen LogP) is 4.29. The number of aromatic amines is 1. The van der Waals surface area contributed by atoms with Gasteiger partial charge in [0, 0.05) is 31.8 Å². The highest BCUT2D eigenvalue weighted by Crippen LogP contribution is 2.28. The van der Waals surface area contributed by atoms with Crippen LogP contribution in [0.25, 0.3) is 21.8 Å². The second kappa shape index (κ2) is 3.70. The lowest BCUT2D eigenvalue weighted by Gasteiger charge is -1.96. The fourth-order valence-electron chi connectivity index (χ4n) is 2.09. The Morgan fingerprint density at radius 1 is 1.06 bits per heavy atom. The maximum Gasteiger partial charge on any atom is 0.159 e. The molecule has 1 N–H and O–H groups in total. The van der Waals surface area contributed by atoms with Gasteiger partial charge in [0.15, 0.2) is 5.78 Å². The van der Waals surface area contributed by atoms with E-state index in [1.807, 2.05) is 30.3 Å². The minimum absolute atomic E-state index is 0.0937. The zero-order valence-corrected chi connectivity index (χ0v) is 10.8. The van der Waals surface area contributed by atoms with Crippen LogP contribution in [0.2, 0.25) is 0 Å². The number of carbonyl (C=O) groups excluding carboxylic acids is 1. The lowest BCUT2D eigenvalue weighted by molar-refractivity contribution is 0.101. The van der Waals surface area contributed by atoms with Crippen molar-refractivity contribution in [2.24, 2.45) is 0 Å². The van der Waals surface area contributed by atoms with Crippen LogP contribution in [0.4, 0.5) is 0 Å². The first-order valence-electron chi connectivity index (χ1n) is 5.37. The average molecular weight is 288 g/mol. The average Bonchev–Trinajstić information content (AvgIpc) is 2.66. The largest absolute Gasteiger partial charge is 0.355 e. The molecule has 0 aliphatic carbocycles. The monoisotopic (exact) mass is 287 g/mol. The van der Waals surface area contributed by atoms with E-state index in [1.54, 1.807) is 6.92 Å². The van der Waals surface area contributed by atoms with Crippen LogP contribution in [0.15, 0.2) is 40.9 Å². The van der Waals surface area contributed by atoms with Crippen molar-refractivity contribution >= 4 is 43.5 Å². The first-order chi connectivity index (χ1) is 8.15. The van der Waals surface area contributed by atoms with Gasteiger partial charge in [-0.2, -0.15) is 0 Å². The molecule has 0 atom stereocenters. The molecule has 84 valence electrons. The smallest absolute Gasteiger partial charge is 0.159 e. The van der Waals surface area contributed by atoms with Crippen LogP contribution in [0.1, 0.15) is 17.3 Å². The predicted molar refractivity (Wildman–Crippen MR) is 73.5 cm³/mol. The molecule has 0 saturated carbocycles. The van der Waals surface area contributed by atoms with E-state index < -0.39 is 0 Å². The number of aromatic nitrogens is 1. The highest BCUT2D eigenvalue weighted by molar-refractivity contribution is 9.10. The third-order valence-corrected chi connectivity index (χ3v) is 3.46. The number of hydrogen-bond donors (Lipinski definition) is 1. The second-order valence-electron chi connectivity index (χ2n) is 4.13. The molecule has 3 aromatic rings. The molecular formula is C14H10BrNO. The molecule has 3 rings (SSSR count). The standard InChI is InChI=1S/C14H10BrNO/c1-8(17)9-2-4-13-11(6-9)12-7-10(15)3-5-14(12)16-13/h2-7,16H,1H3. The first-order valence-corrected chi connectivity index (χ1v) is 6.16. The number of nitrogens with one attached hydrogen (secondary N) is 1. The zero-order valence-electron chi connectivity index (χ0n) is 9.25. The van der Waals surface area contributed by atoms with Gasteiger partial charge in [0.1, 0.15) is 0 Å². The highest BCUT2D eigenvalue weighted by atomic mass is 79.9. The molecule has 2 aromatic carbocycles. The molecule has 1 heterocycles. The summed E-state index contributed by atoms with van der Waals surface area (Å²) in [6.45, 7) is 1.59. The number of fused-ring (bicyclic) bond motifs is 3. The SMILES string of the molecule is CC(=O)c1ccc2[nH]c3ccc(Br)cc3c2c1. The lowest BCUT2D eigenvalue weighted by atomic mass is 10.1. The molecule has 2 nitrogen and oxygen atoms in total. The van der Waals surface area contributed by atoms with E-state index in [1.165, 1.54) is 0 Å². The van der Waals surface area contributed by atoms with Crippen LogP contribution in [-0.2, 0) is 0 Å². The fourth-order valence-corrected chi connectivity index (χ4v) is 2.45. The van der Waals surface area contributed by atoms with Gasteiger partial charge >= 0.3 is 0 Å². The van der Waals surface area contributed by atoms with Crippen LogP contribution in [0.5, 0.6) is 0 Å². The molecule has 3 heteroatoms. The van der Waals surface area contributed by atoms with Crippen LogP contribution in [0, 0.1) is 0 Å². The van der Waals surface area contributed by atoms with E-state index in [0.29, 0.717) is 0 Å². The Kier molecular flexibility index (Phi) is 2.30. The van der Waals surface area contributed by atoms with E-state index in [0.717, 1.165) is 31.8 Å². The number of rotatable bonds is 1. The molecule has 17 heavy (non-hydrogen) atoms. The molecular weight excluding hydrogens is 278 g/mol. The zero-order chi connectivity index (χ0) is 12.0. The molecule has 0 saturated heterocycles. The van der Waals surface area contributed by atoms with Crippen LogP contribution >= 0.6 is 15.9 Å². The lowest BCUT2D eigenvalue weighted by Crippen LogP contribution is -1.90. The summed E-state index contributed by atoms with van der Waals surface area (Å²) in [6.07, 6.45) is 0. The van der Waals surface area contributed by atoms with Crippen molar-refractivity contribution in [3.8, 4) is 0 Å². The third kappa shape index (κ3) is 1.67. The Balaban J connectivity index is 2.43. The Morgan fingerprint density at radius 2 is 1.71 bits per heavy atom. The van der Waals surface area contributed by atoms with Gasteiger partial charge in [-0.05, 0) is 43.3 Å². The summed E-state index contributed by atoms with van der Waals surface area (Å²) in [6, 6.07) is 11.9. The van der Waals surface area contributed by atoms with Crippen molar-refractivity contribution in [2.75, 3.05) is 0 Å². The van der Waals surface area contributed by atoms with Gasteiger partial charge in [-0.1, -0.05) is 15.9 Å². The number of carbonyl (C=O) groups is 1. The maximum atomic E-state index is 11.4. The van der Waals surface area contributed by atoms with Crippen molar-refractivity contribution in [3.63, 3.8) is 0 Å². The van der Waals surface area contributed by atoms with E-state index in [4.69, 9.17) is 0 Å². The molecule has 0 unspecified atom stereocenters. The Hall–Kier alpha value is -1.61. The molecule has 0 amide bonds. The van der Waals surface area contributed by atoms with Gasteiger partial charge in [-0.25, -0.2) is 0 Å². The van der Waals surface area contributed by atoms with Crippen molar-refractivity contribution in [3.05, 3.63) is 46.4 Å². The molecule has 0 radical (unpaired) electrons. The Labute approximate surface area is 107 Å². The topological polar surface area (TPSA) is 32.9 Å². The minimum Gasteiger partial charge on any atom is -0.355 e. The van der Waals surface area contributed by atoms with E-state index in [-0.39, 0.29) is 5.78 Å². The first kappa shape index (κ1) is 10.5. The van der Waals surface area contributed by atoms with Crippen molar-refractivity contribution in [2.45, 2.75) is 6.92 Å². The van der Waals surface area contributed by atoms with Crippen LogP contribution < -0.4 is 0 Å². The number of benzene rings is 2. The van der Waals surface area contributed by atoms with Gasteiger partial charge in [0.2, 0.25) is 0 Å². The fraction of sp³-hybridized carbons (Fsp3) is 0.0714. The minimum atomic E-state index is 0.0937. The summed E-state index contributed by atoms with van der Waals surface area (Å²) >= 11 is 3.47. The van der Waals surface area contributed by atoms with Gasteiger partial charge in [0.25, 0.3) is 0 Å². The van der Waals surface area contributed by atoms with Crippen LogP contribution in [0.3, 0.4) is 0 Å². The number of H-pyrrole nitrogens is 1. The number of hydrogen-bond acceptors (Lipinski definition) is 1. The second-order valence-corrected chi connectivity index (χ2v) is 5.05. The maximum absolute atomic E-state index is 11.4. The molecule has 0 aliphatic heterocycles. The highest BCUT2D eigenvalue weighted by Gasteiger charge is 2.07. The summed E-state index contributed by atoms with van der Waals surface area (Å²) in [7, 11) is 0. The van der Waals surface area contributed by atoms with E-state index in [2.05, 4.69) is 27.0 Å². The van der Waals surface area contributed by atoms with Gasteiger partial charge in [0.05, 0.1) is 0 Å². The summed E-state index contributed by atoms with van der Waals surface area (Å²) in [5.41, 5.74) is 2.89. The van der Waals surface area contributed by atoms with E-state index >= 15 is 0 Å². The Bertz CT molecular complexity index is 742.